The molecule has 1 saturated heterocycles. The van der Waals surface area contributed by atoms with E-state index >= 15 is 0 Å². The van der Waals surface area contributed by atoms with Gasteiger partial charge in [0, 0.05) is 31.8 Å². The fourth-order valence-corrected chi connectivity index (χ4v) is 4.87. The number of rotatable bonds is 17. The molecular weight excluding hydrogens is 637 g/mol. The number of carbonyl (C=O) groups excluding carboxylic acids is 4. The molecule has 48 heavy (non-hydrogen) atoms. The number of primary amides is 1. The van der Waals surface area contributed by atoms with Crippen molar-refractivity contribution in [2.75, 3.05) is 20.2 Å². The molecule has 4 amide bonds. The summed E-state index contributed by atoms with van der Waals surface area (Å²) >= 11 is 0. The minimum atomic E-state index is -1.77. The highest BCUT2D eigenvalue weighted by Crippen LogP contribution is 2.27. The average Bonchev–Trinajstić information content (AvgIpc) is 3.33. The lowest BCUT2D eigenvalue weighted by atomic mass is 9.79. The number of aromatic amines is 1. The Morgan fingerprint density at radius 3 is 2.46 bits per heavy atom. The van der Waals surface area contributed by atoms with Gasteiger partial charge >= 0.3 is 12.8 Å². The first-order chi connectivity index (χ1) is 22.7. The first kappa shape index (κ1) is 37.9. The molecule has 1 aromatic carbocycles. The molecule has 0 bridgehead atoms. The Morgan fingerprint density at radius 2 is 1.81 bits per heavy atom. The molecule has 3 rings (SSSR count). The van der Waals surface area contributed by atoms with Crippen LogP contribution in [-0.2, 0) is 19.1 Å². The van der Waals surface area contributed by atoms with Gasteiger partial charge in [-0.25, -0.2) is 4.79 Å². The first-order valence-corrected chi connectivity index (χ1v) is 15.0. The summed E-state index contributed by atoms with van der Waals surface area (Å²) in [6.07, 6.45) is -3.70. The van der Waals surface area contributed by atoms with E-state index in [0.29, 0.717) is 12.8 Å². The van der Waals surface area contributed by atoms with Gasteiger partial charge in [-0.1, -0.05) is 6.07 Å². The SMILES string of the molecule is COc1ccc(B(O)O)cc1C(=O)NCCCC[C@H](NC(=O)[C@@H](N)CCC(=O)NC[C@H]1O[C@@H](n2ccc(=O)[nH]c2=O)[C@H](O)[C@@H]1O)C(N)=O. The molecule has 20 heteroatoms. The zero-order chi connectivity index (χ0) is 35.5. The second-order valence-electron chi connectivity index (χ2n) is 11.1. The molecule has 1 fully saturated rings. The molecular formula is C28H40BN7O12. The van der Waals surface area contributed by atoms with E-state index < -0.39 is 78.6 Å². The maximum absolute atomic E-state index is 12.6. The summed E-state index contributed by atoms with van der Waals surface area (Å²) in [6.45, 7) is -0.0564. The number of nitrogens with two attached hydrogens (primary N) is 2. The largest absolute Gasteiger partial charge is 0.496 e. The summed E-state index contributed by atoms with van der Waals surface area (Å²) in [5, 5.41) is 47.0. The van der Waals surface area contributed by atoms with Crippen LogP contribution in [0.15, 0.2) is 40.1 Å². The lowest BCUT2D eigenvalue weighted by Crippen LogP contribution is -2.50. The summed E-state index contributed by atoms with van der Waals surface area (Å²) < 4.78 is 11.6. The number of hydrogen-bond acceptors (Lipinski definition) is 13. The van der Waals surface area contributed by atoms with Gasteiger partial charge in [-0.3, -0.25) is 33.5 Å². The summed E-state index contributed by atoms with van der Waals surface area (Å²) in [7, 11) is -0.401. The van der Waals surface area contributed by atoms with Crippen LogP contribution in [0, 0.1) is 0 Å². The number of hydrogen-bond donors (Lipinski definition) is 10. The smallest absolute Gasteiger partial charge is 0.488 e. The van der Waals surface area contributed by atoms with Crippen molar-refractivity contribution in [2.24, 2.45) is 11.5 Å². The molecule has 0 unspecified atom stereocenters. The highest BCUT2D eigenvalue weighted by Gasteiger charge is 2.44. The number of methoxy groups -OCH3 is 1. The molecule has 2 aromatic rings. The third-order valence-corrected chi connectivity index (χ3v) is 7.61. The zero-order valence-corrected chi connectivity index (χ0v) is 26.0. The minimum absolute atomic E-state index is 0.102. The summed E-state index contributed by atoms with van der Waals surface area (Å²) in [5.74, 6) is -2.36. The highest BCUT2D eigenvalue weighted by molar-refractivity contribution is 6.58. The van der Waals surface area contributed by atoms with E-state index in [1.165, 1.54) is 25.3 Å². The normalized spacial score (nSPS) is 20.0. The number of H-pyrrole nitrogens is 1. The minimum Gasteiger partial charge on any atom is -0.496 e. The second-order valence-corrected chi connectivity index (χ2v) is 11.1. The summed E-state index contributed by atoms with van der Waals surface area (Å²) in [4.78, 5) is 74.8. The van der Waals surface area contributed by atoms with Crippen molar-refractivity contribution in [1.29, 1.82) is 0 Å². The molecule has 2 heterocycles. The number of aromatic nitrogens is 2. The topological polar surface area (TPSA) is 311 Å². The summed E-state index contributed by atoms with van der Waals surface area (Å²) in [6, 6.07) is 2.94. The van der Waals surface area contributed by atoms with Crippen molar-refractivity contribution in [3.63, 3.8) is 0 Å². The van der Waals surface area contributed by atoms with E-state index in [9.17, 15) is 49.0 Å². The van der Waals surface area contributed by atoms with Crippen molar-refractivity contribution in [3.8, 4) is 5.75 Å². The highest BCUT2D eigenvalue weighted by atomic mass is 16.6. The lowest BCUT2D eigenvalue weighted by molar-refractivity contribution is -0.128. The Bertz CT molecular complexity index is 1570. The second kappa shape index (κ2) is 17.5. The van der Waals surface area contributed by atoms with Gasteiger partial charge in [-0.05, 0) is 43.3 Å². The van der Waals surface area contributed by atoms with Crippen molar-refractivity contribution < 1.29 is 48.9 Å². The number of aliphatic hydroxyl groups is 2. The molecule has 0 radical (unpaired) electrons. The fourth-order valence-electron chi connectivity index (χ4n) is 4.87. The first-order valence-electron chi connectivity index (χ1n) is 15.0. The molecule has 1 aromatic heterocycles. The van der Waals surface area contributed by atoms with E-state index in [0.717, 1.165) is 16.8 Å². The maximum Gasteiger partial charge on any atom is 0.488 e. The van der Waals surface area contributed by atoms with Gasteiger partial charge in [-0.2, -0.15) is 0 Å². The predicted molar refractivity (Wildman–Crippen MR) is 168 cm³/mol. The van der Waals surface area contributed by atoms with Gasteiger partial charge in [-0.15, -0.1) is 0 Å². The number of nitrogens with zero attached hydrogens (tertiary/aromatic N) is 1. The number of amides is 4. The van der Waals surface area contributed by atoms with E-state index in [2.05, 4.69) is 16.0 Å². The fraction of sp³-hybridized carbons (Fsp3) is 0.500. The number of ether oxygens (including phenoxy) is 2. The van der Waals surface area contributed by atoms with Crippen LogP contribution >= 0.6 is 0 Å². The number of nitrogens with one attached hydrogen (secondary N) is 4. The molecule has 1 aliphatic rings. The number of carbonyl (C=O) groups is 4. The molecule has 6 atom stereocenters. The third-order valence-electron chi connectivity index (χ3n) is 7.61. The number of benzene rings is 1. The van der Waals surface area contributed by atoms with Crippen LogP contribution in [0.25, 0.3) is 0 Å². The quantitative estimate of drug-likeness (QED) is 0.0553. The van der Waals surface area contributed by atoms with Crippen LogP contribution in [0.1, 0.15) is 48.7 Å². The van der Waals surface area contributed by atoms with Crippen LogP contribution in [0.2, 0.25) is 0 Å². The van der Waals surface area contributed by atoms with E-state index in [1.807, 2.05) is 4.98 Å². The van der Waals surface area contributed by atoms with E-state index in [-0.39, 0.29) is 49.1 Å². The van der Waals surface area contributed by atoms with E-state index in [1.54, 1.807) is 0 Å². The summed E-state index contributed by atoms with van der Waals surface area (Å²) in [5.41, 5.74) is 10.0. The van der Waals surface area contributed by atoms with Gasteiger partial charge in [0.2, 0.25) is 17.7 Å². The van der Waals surface area contributed by atoms with Crippen LogP contribution in [0.4, 0.5) is 0 Å². The molecule has 0 saturated carbocycles. The van der Waals surface area contributed by atoms with Gasteiger partial charge < -0.3 is 57.2 Å². The molecule has 19 nitrogen and oxygen atoms in total. The molecule has 0 spiro atoms. The van der Waals surface area contributed by atoms with Crippen LogP contribution < -0.4 is 48.9 Å². The lowest BCUT2D eigenvalue weighted by Gasteiger charge is -2.19. The Kier molecular flexibility index (Phi) is 13.8. The maximum atomic E-state index is 12.6. The third kappa shape index (κ3) is 10.2. The van der Waals surface area contributed by atoms with Crippen molar-refractivity contribution in [2.45, 2.75) is 68.7 Å². The number of unbranched alkanes of at least 4 members (excludes halogenated alkanes) is 1. The van der Waals surface area contributed by atoms with Crippen LogP contribution in [-0.4, -0.2) is 111 Å². The monoisotopic (exact) mass is 677 g/mol. The van der Waals surface area contributed by atoms with Gasteiger partial charge in [0.1, 0.15) is 30.1 Å². The molecule has 1 aliphatic heterocycles. The zero-order valence-electron chi connectivity index (χ0n) is 26.0. The Morgan fingerprint density at radius 1 is 1.08 bits per heavy atom. The van der Waals surface area contributed by atoms with Gasteiger partial charge in [0.15, 0.2) is 6.23 Å². The van der Waals surface area contributed by atoms with Crippen LogP contribution in [0.5, 0.6) is 5.75 Å². The predicted octanol–water partition coefficient (Wildman–Crippen LogP) is -5.36. The van der Waals surface area contributed by atoms with Crippen LogP contribution in [0.3, 0.4) is 0 Å². The van der Waals surface area contributed by atoms with E-state index in [4.69, 9.17) is 20.9 Å². The van der Waals surface area contributed by atoms with Crippen molar-refractivity contribution >= 4 is 36.2 Å². The Balaban J connectivity index is 1.39. The number of aliphatic hydroxyl groups excluding tert-OH is 2. The standard InChI is InChI=1S/C28H40BN7O12/c1-47-18-7-5-14(29(45)46)12-15(18)25(42)32-10-3-2-4-17(24(31)41)34-26(43)16(30)6-8-20(37)33-13-19-22(39)23(40)27(48-19)36-11-9-21(38)35-28(36)44/h5,7,9,11-12,16-17,19,22-23,27,39-40,45-46H,2-4,6,8,10,13,30H2,1H3,(H2,31,41)(H,32,42)(H,33,37)(H,34,43)(H,35,38,44)/t16-,17-,19+,22+,23+,27+/m0/s1. The van der Waals surface area contributed by atoms with Crippen molar-refractivity contribution in [3.05, 3.63) is 56.9 Å². The Hall–Kier alpha value is -4.60. The van der Waals surface area contributed by atoms with Gasteiger partial charge in [0.25, 0.3) is 11.5 Å². The molecule has 0 aliphatic carbocycles. The Labute approximate surface area is 273 Å². The average molecular weight is 677 g/mol. The van der Waals surface area contributed by atoms with Gasteiger partial charge in [0.05, 0.1) is 18.7 Å². The molecule has 262 valence electrons. The van der Waals surface area contributed by atoms with Crippen molar-refractivity contribution in [1.82, 2.24) is 25.5 Å². The molecule has 12 N–H and O–H groups in total.